The molecule has 0 amide bonds. The summed E-state index contributed by atoms with van der Waals surface area (Å²) in [5.41, 5.74) is 3.44. The fourth-order valence-corrected chi connectivity index (χ4v) is 3.37. The van der Waals surface area contributed by atoms with E-state index in [1.54, 1.807) is 4.68 Å². The number of hydrogen-bond donors (Lipinski definition) is 2. The highest BCUT2D eigenvalue weighted by Gasteiger charge is 2.33. The molecule has 0 aliphatic carbocycles. The minimum Gasteiger partial charge on any atom is -0.318 e. The van der Waals surface area contributed by atoms with Crippen LogP contribution in [-0.2, 0) is 0 Å². The Balaban J connectivity index is 1.71. The molecule has 28 heavy (non-hydrogen) atoms. The van der Waals surface area contributed by atoms with Gasteiger partial charge >= 0.3 is 0 Å². The lowest BCUT2D eigenvalue weighted by molar-refractivity contribution is 0.565. The Labute approximate surface area is 159 Å². The Bertz CT molecular complexity index is 1210. The third-order valence-corrected chi connectivity index (χ3v) is 4.65. The monoisotopic (exact) mass is 369 g/mol. The Morgan fingerprint density at radius 1 is 0.964 bits per heavy atom. The van der Waals surface area contributed by atoms with Crippen LogP contribution < -0.4 is 10.9 Å². The fourth-order valence-electron chi connectivity index (χ4n) is 3.37. The van der Waals surface area contributed by atoms with E-state index in [0.29, 0.717) is 17.3 Å². The summed E-state index contributed by atoms with van der Waals surface area (Å²) in [6.45, 7) is 0. The van der Waals surface area contributed by atoms with E-state index in [9.17, 15) is 4.79 Å². The summed E-state index contributed by atoms with van der Waals surface area (Å²) in [7, 11) is 0. The van der Waals surface area contributed by atoms with Crippen LogP contribution in [0.15, 0.2) is 65.5 Å². The molecule has 0 saturated heterocycles. The maximum atomic E-state index is 12.5. The van der Waals surface area contributed by atoms with E-state index in [-0.39, 0.29) is 11.6 Å². The van der Waals surface area contributed by atoms with Gasteiger partial charge in [0.15, 0.2) is 0 Å². The average Bonchev–Trinajstić information content (AvgIpc) is 3.22. The van der Waals surface area contributed by atoms with Crippen molar-refractivity contribution in [1.29, 1.82) is 0 Å². The molecule has 2 aromatic heterocycles. The summed E-state index contributed by atoms with van der Waals surface area (Å²) in [5, 5.41) is 21.8. The zero-order valence-corrected chi connectivity index (χ0v) is 14.6. The maximum Gasteiger partial charge on any atom is 0.288 e. The molecule has 1 aliphatic rings. The van der Waals surface area contributed by atoms with Crippen LogP contribution in [0.2, 0.25) is 0 Å². The first-order valence-electron chi connectivity index (χ1n) is 8.77. The van der Waals surface area contributed by atoms with Crippen molar-refractivity contribution in [3.63, 3.8) is 0 Å². The quantitative estimate of drug-likeness (QED) is 0.507. The van der Waals surface area contributed by atoms with Gasteiger partial charge in [0.1, 0.15) is 11.7 Å². The van der Waals surface area contributed by atoms with Crippen molar-refractivity contribution in [2.24, 2.45) is 0 Å². The second kappa shape index (κ2) is 6.58. The Morgan fingerprint density at radius 3 is 2.50 bits per heavy atom. The van der Waals surface area contributed by atoms with Crippen molar-refractivity contribution >= 4 is 23.8 Å². The number of hydrogen-bond acceptors (Lipinski definition) is 6. The minimum absolute atomic E-state index is 0.318. The number of H-pyrrole nitrogens is 1. The fraction of sp³-hybridized carbons (Fsp3) is 0.0500. The van der Waals surface area contributed by atoms with Gasteiger partial charge in [-0.05, 0) is 27.6 Å². The molecule has 5 rings (SSSR count). The van der Waals surface area contributed by atoms with Crippen LogP contribution in [0.3, 0.4) is 0 Å². The highest BCUT2D eigenvalue weighted by Crippen LogP contribution is 2.38. The molecule has 1 aliphatic heterocycles. The van der Waals surface area contributed by atoms with E-state index in [0.717, 1.165) is 16.7 Å². The minimum atomic E-state index is -0.368. The van der Waals surface area contributed by atoms with Crippen LogP contribution in [0.1, 0.15) is 28.4 Å². The third-order valence-electron chi connectivity index (χ3n) is 4.65. The molecule has 0 saturated carbocycles. The van der Waals surface area contributed by atoms with Gasteiger partial charge in [0.25, 0.3) is 5.56 Å². The summed E-state index contributed by atoms with van der Waals surface area (Å²) in [5.74, 6) is 0.413. The van der Waals surface area contributed by atoms with E-state index in [4.69, 9.17) is 0 Å². The molecule has 0 radical (unpaired) electrons. The molecule has 0 bridgehead atoms. The molecule has 2 aromatic carbocycles. The van der Waals surface area contributed by atoms with E-state index < -0.39 is 0 Å². The standard InChI is InChI=1S/C20H15N7O/c28-19-17-16(15(22-23-19)12-11-13-7-3-1-4-8-13)18(14-9-5-2-6-10-14)27-20(21-17)24-25-26-27/h1-12,18H,(H,23,28)(H,21,24,26)/b12-11+/t18-/m0/s1. The number of nitrogens with zero attached hydrogens (tertiary/aromatic N) is 5. The van der Waals surface area contributed by atoms with E-state index in [2.05, 4.69) is 31.0 Å². The van der Waals surface area contributed by atoms with Crippen LogP contribution in [0, 0.1) is 0 Å². The van der Waals surface area contributed by atoms with Crippen LogP contribution >= 0.6 is 0 Å². The van der Waals surface area contributed by atoms with Crippen molar-refractivity contribution < 1.29 is 0 Å². The Hall–Kier alpha value is -4.07. The molecule has 0 spiro atoms. The molecular formula is C20H15N7O. The summed E-state index contributed by atoms with van der Waals surface area (Å²) in [4.78, 5) is 12.5. The first-order valence-corrected chi connectivity index (χ1v) is 8.77. The summed E-state index contributed by atoms with van der Waals surface area (Å²) >= 11 is 0. The highest BCUT2D eigenvalue weighted by atomic mass is 16.1. The molecule has 1 atom stereocenters. The molecule has 0 fully saturated rings. The van der Waals surface area contributed by atoms with E-state index >= 15 is 0 Å². The summed E-state index contributed by atoms with van der Waals surface area (Å²) < 4.78 is 1.67. The number of aromatic nitrogens is 6. The van der Waals surface area contributed by atoms with Crippen molar-refractivity contribution in [1.82, 2.24) is 30.4 Å². The van der Waals surface area contributed by atoms with Crippen molar-refractivity contribution in [2.75, 3.05) is 5.32 Å². The van der Waals surface area contributed by atoms with Crippen molar-refractivity contribution in [3.8, 4) is 0 Å². The maximum absolute atomic E-state index is 12.5. The lowest BCUT2D eigenvalue weighted by atomic mass is 9.94. The second-order valence-corrected chi connectivity index (χ2v) is 6.36. The lowest BCUT2D eigenvalue weighted by Gasteiger charge is -2.27. The van der Waals surface area contributed by atoms with Crippen LogP contribution in [0.25, 0.3) is 12.2 Å². The van der Waals surface area contributed by atoms with Gasteiger partial charge in [-0.15, -0.1) is 0 Å². The van der Waals surface area contributed by atoms with Gasteiger partial charge in [0.05, 0.1) is 5.69 Å². The van der Waals surface area contributed by atoms with Gasteiger partial charge in [0, 0.05) is 5.56 Å². The van der Waals surface area contributed by atoms with Gasteiger partial charge < -0.3 is 5.32 Å². The predicted molar refractivity (Wildman–Crippen MR) is 105 cm³/mol. The molecule has 0 unspecified atom stereocenters. The van der Waals surface area contributed by atoms with Crippen LogP contribution in [-0.4, -0.2) is 30.4 Å². The van der Waals surface area contributed by atoms with E-state index in [1.807, 2.05) is 72.8 Å². The molecule has 8 heteroatoms. The number of fused-ring (bicyclic) bond motifs is 2. The zero-order valence-electron chi connectivity index (χ0n) is 14.6. The van der Waals surface area contributed by atoms with Crippen LogP contribution in [0.4, 0.5) is 11.6 Å². The van der Waals surface area contributed by atoms with Gasteiger partial charge in [-0.3, -0.25) is 4.79 Å². The molecule has 8 nitrogen and oxygen atoms in total. The SMILES string of the molecule is O=c1[nH]nc(/C=C/c2ccccc2)c2c1Nc1nnnn1[C@H]2c1ccccc1. The van der Waals surface area contributed by atoms with Gasteiger partial charge in [-0.1, -0.05) is 71.8 Å². The van der Waals surface area contributed by atoms with E-state index in [1.165, 1.54) is 0 Å². The topological polar surface area (TPSA) is 101 Å². The zero-order chi connectivity index (χ0) is 18.9. The predicted octanol–water partition coefficient (Wildman–Crippen LogP) is 2.62. The lowest BCUT2D eigenvalue weighted by Crippen LogP contribution is -2.29. The Kier molecular flexibility index (Phi) is 3.79. The van der Waals surface area contributed by atoms with Crippen molar-refractivity contribution in [3.05, 3.63) is 93.4 Å². The number of aromatic amines is 1. The summed E-state index contributed by atoms with van der Waals surface area (Å²) in [6, 6.07) is 19.3. The third kappa shape index (κ3) is 2.67. The molecule has 136 valence electrons. The largest absolute Gasteiger partial charge is 0.318 e. The molecule has 4 aromatic rings. The van der Waals surface area contributed by atoms with Gasteiger partial charge in [0.2, 0.25) is 5.95 Å². The molecule has 3 heterocycles. The normalized spacial score (nSPS) is 15.1. The first kappa shape index (κ1) is 16.1. The Morgan fingerprint density at radius 2 is 1.71 bits per heavy atom. The number of nitrogens with one attached hydrogen (secondary N) is 2. The number of rotatable bonds is 3. The second-order valence-electron chi connectivity index (χ2n) is 6.36. The summed E-state index contributed by atoms with van der Waals surface area (Å²) in [6.07, 6.45) is 3.84. The van der Waals surface area contributed by atoms with Crippen LogP contribution in [0.5, 0.6) is 0 Å². The average molecular weight is 369 g/mol. The van der Waals surface area contributed by atoms with Gasteiger partial charge in [-0.2, -0.15) is 9.78 Å². The molecular weight excluding hydrogens is 354 g/mol. The van der Waals surface area contributed by atoms with Gasteiger partial charge in [-0.25, -0.2) is 5.10 Å². The molecule has 2 N–H and O–H groups in total. The number of benzene rings is 2. The number of tetrazole rings is 1. The number of anilines is 2. The first-order chi connectivity index (χ1) is 13.8. The highest BCUT2D eigenvalue weighted by molar-refractivity contribution is 5.75. The van der Waals surface area contributed by atoms with Crippen molar-refractivity contribution in [2.45, 2.75) is 6.04 Å². The smallest absolute Gasteiger partial charge is 0.288 e.